The maximum Gasteiger partial charge on any atom is 0.238 e. The lowest BCUT2D eigenvalue weighted by Gasteiger charge is -2.45. The molecule has 3 aromatic carbocycles. The number of rotatable bonds is 1. The standard InChI is InChI=1S/C24H17NO3/c26-14-7-5-6-13(12-14)25-23(27)21-19-15-8-1-2-9-16(15)20(22(21)24(25)28)18-11-4-3-10-17(18)19/h1-12,19-22,26H/t19?,20?,21-,22+. The number of phenols is 1. The first kappa shape index (κ1) is 15.6. The van der Waals surface area contributed by atoms with Crippen molar-refractivity contribution >= 4 is 17.5 Å². The normalized spacial score (nSPS) is 26.8. The van der Waals surface area contributed by atoms with Gasteiger partial charge in [-0.25, -0.2) is 4.90 Å². The minimum absolute atomic E-state index is 0.0440. The summed E-state index contributed by atoms with van der Waals surface area (Å²) in [7, 11) is 0. The molecule has 0 radical (unpaired) electrons. The van der Waals surface area contributed by atoms with Gasteiger partial charge in [-0.15, -0.1) is 0 Å². The average molecular weight is 367 g/mol. The lowest BCUT2D eigenvalue weighted by molar-refractivity contribution is -0.122. The van der Waals surface area contributed by atoms with E-state index in [1.54, 1.807) is 12.1 Å². The van der Waals surface area contributed by atoms with Crippen LogP contribution in [0.2, 0.25) is 0 Å². The van der Waals surface area contributed by atoms with Gasteiger partial charge in [-0.1, -0.05) is 54.6 Å². The van der Waals surface area contributed by atoms with Crippen molar-refractivity contribution in [2.45, 2.75) is 11.8 Å². The third-order valence-corrected chi connectivity index (χ3v) is 6.54. The molecule has 7 rings (SSSR count). The van der Waals surface area contributed by atoms with E-state index >= 15 is 0 Å². The van der Waals surface area contributed by atoms with Crippen LogP contribution < -0.4 is 4.90 Å². The molecule has 4 nitrogen and oxygen atoms in total. The molecule has 0 saturated carbocycles. The molecule has 2 bridgehead atoms. The molecular formula is C24H17NO3. The number of anilines is 1. The fraction of sp³-hybridized carbons (Fsp3) is 0.167. The van der Waals surface area contributed by atoms with Gasteiger partial charge < -0.3 is 5.11 Å². The molecule has 1 aliphatic heterocycles. The zero-order valence-electron chi connectivity index (χ0n) is 14.9. The fourth-order valence-corrected chi connectivity index (χ4v) is 5.56. The predicted octanol–water partition coefficient (Wildman–Crippen LogP) is 3.79. The van der Waals surface area contributed by atoms with E-state index in [0.717, 1.165) is 22.3 Å². The van der Waals surface area contributed by atoms with Gasteiger partial charge in [0.2, 0.25) is 11.8 Å². The van der Waals surface area contributed by atoms with E-state index in [9.17, 15) is 14.7 Å². The van der Waals surface area contributed by atoms with Crippen molar-refractivity contribution < 1.29 is 14.7 Å². The Balaban J connectivity index is 1.58. The van der Waals surface area contributed by atoms with Gasteiger partial charge in [0.15, 0.2) is 0 Å². The Labute approximate surface area is 162 Å². The maximum absolute atomic E-state index is 13.5. The van der Waals surface area contributed by atoms with Crippen LogP contribution in [-0.2, 0) is 9.59 Å². The zero-order chi connectivity index (χ0) is 19.0. The van der Waals surface area contributed by atoms with E-state index in [0.29, 0.717) is 5.69 Å². The Morgan fingerprint density at radius 2 is 1.11 bits per heavy atom. The third kappa shape index (κ3) is 1.80. The number of aromatic hydroxyl groups is 1. The summed E-state index contributed by atoms with van der Waals surface area (Å²) in [6.45, 7) is 0. The van der Waals surface area contributed by atoms with Crippen LogP contribution in [0, 0.1) is 11.8 Å². The Morgan fingerprint density at radius 1 is 0.643 bits per heavy atom. The zero-order valence-corrected chi connectivity index (χ0v) is 14.9. The van der Waals surface area contributed by atoms with Gasteiger partial charge in [-0.3, -0.25) is 9.59 Å². The van der Waals surface area contributed by atoms with Crippen LogP contribution in [0.25, 0.3) is 0 Å². The molecule has 1 heterocycles. The van der Waals surface area contributed by atoms with E-state index in [-0.39, 0.29) is 29.4 Å². The van der Waals surface area contributed by atoms with Crippen LogP contribution in [0.4, 0.5) is 5.69 Å². The van der Waals surface area contributed by atoms with Gasteiger partial charge in [0.1, 0.15) is 5.75 Å². The number of carbonyl (C=O) groups excluding carboxylic acids is 2. The molecule has 3 aliphatic carbocycles. The molecule has 3 aromatic rings. The molecule has 2 amide bonds. The first-order chi connectivity index (χ1) is 13.7. The van der Waals surface area contributed by atoms with Crippen molar-refractivity contribution in [3.8, 4) is 5.75 Å². The van der Waals surface area contributed by atoms with Gasteiger partial charge in [0.05, 0.1) is 17.5 Å². The first-order valence-electron chi connectivity index (χ1n) is 9.51. The second-order valence-electron chi connectivity index (χ2n) is 7.80. The summed E-state index contributed by atoms with van der Waals surface area (Å²) in [5.41, 5.74) is 5.08. The van der Waals surface area contributed by atoms with Gasteiger partial charge in [-0.2, -0.15) is 0 Å². The number of benzene rings is 3. The summed E-state index contributed by atoms with van der Waals surface area (Å²) in [5, 5.41) is 9.86. The smallest absolute Gasteiger partial charge is 0.238 e. The Kier molecular flexibility index (Phi) is 2.97. The van der Waals surface area contributed by atoms with Gasteiger partial charge >= 0.3 is 0 Å². The highest BCUT2D eigenvalue weighted by molar-refractivity contribution is 6.23. The van der Waals surface area contributed by atoms with Gasteiger partial charge in [-0.05, 0) is 34.4 Å². The molecule has 2 atom stereocenters. The number of phenolic OH excluding ortho intramolecular Hbond substituents is 1. The molecule has 0 spiro atoms. The largest absolute Gasteiger partial charge is 0.508 e. The summed E-state index contributed by atoms with van der Waals surface area (Å²) in [5.74, 6) is -1.31. The van der Waals surface area contributed by atoms with Crippen molar-refractivity contribution in [1.29, 1.82) is 0 Å². The van der Waals surface area contributed by atoms with E-state index in [2.05, 4.69) is 24.3 Å². The van der Waals surface area contributed by atoms with Crippen LogP contribution in [-0.4, -0.2) is 16.9 Å². The monoisotopic (exact) mass is 367 g/mol. The van der Waals surface area contributed by atoms with Crippen LogP contribution in [0.5, 0.6) is 5.75 Å². The summed E-state index contributed by atoms with van der Waals surface area (Å²) in [4.78, 5) is 28.3. The molecule has 1 fully saturated rings. The predicted molar refractivity (Wildman–Crippen MR) is 104 cm³/mol. The number of nitrogens with zero attached hydrogens (tertiary/aromatic N) is 1. The molecule has 1 N–H and O–H groups in total. The topological polar surface area (TPSA) is 57.6 Å². The Bertz CT molecular complexity index is 1050. The van der Waals surface area contributed by atoms with Crippen LogP contribution in [0.15, 0.2) is 72.8 Å². The second kappa shape index (κ2) is 5.32. The summed E-state index contributed by atoms with van der Waals surface area (Å²) in [6, 6.07) is 22.8. The fourth-order valence-electron chi connectivity index (χ4n) is 5.56. The van der Waals surface area contributed by atoms with E-state index in [1.165, 1.54) is 17.0 Å². The molecule has 0 unspecified atom stereocenters. The summed E-state index contributed by atoms with van der Waals surface area (Å²) < 4.78 is 0. The lowest BCUT2D eigenvalue weighted by atomic mass is 9.55. The van der Waals surface area contributed by atoms with Crippen molar-refractivity contribution in [2.24, 2.45) is 11.8 Å². The minimum atomic E-state index is -0.398. The molecule has 28 heavy (non-hydrogen) atoms. The summed E-state index contributed by atoms with van der Waals surface area (Å²) in [6.07, 6.45) is 0. The highest BCUT2D eigenvalue weighted by Crippen LogP contribution is 2.61. The molecule has 4 aliphatic rings. The number of hydrogen-bond acceptors (Lipinski definition) is 3. The average Bonchev–Trinajstić information content (AvgIpc) is 2.99. The molecule has 4 heteroatoms. The van der Waals surface area contributed by atoms with Crippen molar-refractivity contribution in [2.75, 3.05) is 4.90 Å². The number of imide groups is 1. The van der Waals surface area contributed by atoms with E-state index in [1.807, 2.05) is 24.3 Å². The van der Waals surface area contributed by atoms with Crippen molar-refractivity contribution in [3.05, 3.63) is 95.1 Å². The molecule has 136 valence electrons. The van der Waals surface area contributed by atoms with Gasteiger partial charge in [0.25, 0.3) is 0 Å². The number of carbonyl (C=O) groups is 2. The quantitative estimate of drug-likeness (QED) is 0.666. The maximum atomic E-state index is 13.5. The van der Waals surface area contributed by atoms with Crippen LogP contribution >= 0.6 is 0 Å². The summed E-state index contributed by atoms with van der Waals surface area (Å²) >= 11 is 0. The second-order valence-corrected chi connectivity index (χ2v) is 7.80. The number of hydrogen-bond donors (Lipinski definition) is 1. The van der Waals surface area contributed by atoms with E-state index in [4.69, 9.17) is 0 Å². The first-order valence-corrected chi connectivity index (χ1v) is 9.51. The number of amides is 2. The van der Waals surface area contributed by atoms with Crippen molar-refractivity contribution in [3.63, 3.8) is 0 Å². The molecule has 1 saturated heterocycles. The third-order valence-electron chi connectivity index (χ3n) is 6.54. The highest BCUT2D eigenvalue weighted by Gasteiger charge is 2.61. The minimum Gasteiger partial charge on any atom is -0.508 e. The van der Waals surface area contributed by atoms with Crippen LogP contribution in [0.1, 0.15) is 34.1 Å². The lowest BCUT2D eigenvalue weighted by Crippen LogP contribution is -2.41. The van der Waals surface area contributed by atoms with Crippen LogP contribution in [0.3, 0.4) is 0 Å². The molecule has 0 aromatic heterocycles. The Hall–Kier alpha value is -3.40. The highest BCUT2D eigenvalue weighted by atomic mass is 16.3. The van der Waals surface area contributed by atoms with E-state index < -0.39 is 11.8 Å². The SMILES string of the molecule is O=C1[C@@H]2C3c4ccccc4C(c4ccccc43)[C@@H]2C(=O)N1c1cccc(O)c1. The van der Waals surface area contributed by atoms with Crippen molar-refractivity contribution in [1.82, 2.24) is 0 Å². The molecular weight excluding hydrogens is 350 g/mol. The van der Waals surface area contributed by atoms with Gasteiger partial charge in [0, 0.05) is 17.9 Å². The Morgan fingerprint density at radius 3 is 1.54 bits per heavy atom.